The van der Waals surface area contributed by atoms with E-state index in [1.165, 1.54) is 13.2 Å². The largest absolute Gasteiger partial charge is 0.497 e. The SMILES string of the molecule is CCCCc1cc(OC)ccc1S(=O)(=O)NC[C@@H](O)C(Cc1ccccc1)NC(=O)[C@@H](NC(=O)OC(C)(C)C)[C@@H](C)CC. The number of methoxy groups -OCH3 is 1. The van der Waals surface area contributed by atoms with E-state index in [-0.39, 0.29) is 23.8 Å². The number of carbonyl (C=O) groups is 2. The minimum absolute atomic E-state index is 0.121. The van der Waals surface area contributed by atoms with E-state index < -0.39 is 45.8 Å². The summed E-state index contributed by atoms with van der Waals surface area (Å²) in [6.45, 7) is 10.6. The van der Waals surface area contributed by atoms with Crippen molar-refractivity contribution in [2.75, 3.05) is 13.7 Å². The first-order valence-electron chi connectivity index (χ1n) is 14.9. The molecular weight excluding hydrogens is 570 g/mol. The molecule has 0 saturated heterocycles. The lowest BCUT2D eigenvalue weighted by Crippen LogP contribution is -2.57. The molecule has 2 rings (SSSR count). The van der Waals surface area contributed by atoms with Crippen LogP contribution in [0.4, 0.5) is 4.79 Å². The monoisotopic (exact) mass is 619 g/mol. The Morgan fingerprint density at radius 3 is 2.28 bits per heavy atom. The van der Waals surface area contributed by atoms with Gasteiger partial charge in [-0.25, -0.2) is 17.9 Å². The molecule has 0 radical (unpaired) electrons. The highest BCUT2D eigenvalue weighted by atomic mass is 32.2. The van der Waals surface area contributed by atoms with E-state index in [0.717, 1.165) is 18.4 Å². The summed E-state index contributed by atoms with van der Waals surface area (Å²) in [5.74, 6) is -0.177. The number of aliphatic hydroxyl groups excluding tert-OH is 1. The average Bonchev–Trinajstić information content (AvgIpc) is 2.96. The van der Waals surface area contributed by atoms with Crippen LogP contribution in [0.2, 0.25) is 0 Å². The van der Waals surface area contributed by atoms with Gasteiger partial charge in [0, 0.05) is 6.54 Å². The Morgan fingerprint density at radius 2 is 1.70 bits per heavy atom. The Bertz CT molecular complexity index is 1280. The number of nitrogens with one attached hydrogen (secondary N) is 3. The smallest absolute Gasteiger partial charge is 0.408 e. The van der Waals surface area contributed by atoms with Crippen LogP contribution in [-0.2, 0) is 32.4 Å². The van der Waals surface area contributed by atoms with Crippen molar-refractivity contribution in [2.24, 2.45) is 5.92 Å². The molecule has 2 aromatic rings. The van der Waals surface area contributed by atoms with Crippen LogP contribution in [0.5, 0.6) is 5.75 Å². The summed E-state index contributed by atoms with van der Waals surface area (Å²) >= 11 is 0. The summed E-state index contributed by atoms with van der Waals surface area (Å²) in [7, 11) is -2.47. The molecule has 2 amide bonds. The first-order chi connectivity index (χ1) is 20.2. The van der Waals surface area contributed by atoms with Gasteiger partial charge in [-0.05, 0) is 75.3 Å². The molecule has 0 aliphatic rings. The van der Waals surface area contributed by atoms with E-state index in [2.05, 4.69) is 15.4 Å². The molecule has 0 bridgehead atoms. The molecule has 11 heteroatoms. The maximum absolute atomic E-state index is 13.5. The second kappa shape index (κ2) is 16.6. The molecule has 10 nitrogen and oxygen atoms in total. The van der Waals surface area contributed by atoms with Gasteiger partial charge in [-0.15, -0.1) is 0 Å². The molecule has 1 unspecified atom stereocenters. The van der Waals surface area contributed by atoms with Crippen LogP contribution in [0.1, 0.15) is 71.9 Å². The van der Waals surface area contributed by atoms with Crippen molar-refractivity contribution in [3.63, 3.8) is 0 Å². The number of aryl methyl sites for hydroxylation is 1. The fourth-order valence-electron chi connectivity index (χ4n) is 4.48. The van der Waals surface area contributed by atoms with Crippen LogP contribution in [0.25, 0.3) is 0 Å². The number of ether oxygens (including phenoxy) is 2. The summed E-state index contributed by atoms with van der Waals surface area (Å²) in [5.41, 5.74) is 0.721. The number of hydrogen-bond acceptors (Lipinski definition) is 7. The lowest BCUT2D eigenvalue weighted by molar-refractivity contribution is -0.126. The molecule has 0 fully saturated rings. The quantitative estimate of drug-likeness (QED) is 0.219. The number of unbranched alkanes of at least 4 members (excludes halogenated alkanes) is 1. The normalized spacial score (nSPS) is 14.7. The van der Waals surface area contributed by atoms with Crippen molar-refractivity contribution >= 4 is 22.0 Å². The van der Waals surface area contributed by atoms with Gasteiger partial charge in [0.1, 0.15) is 17.4 Å². The lowest BCUT2D eigenvalue weighted by Gasteiger charge is -2.30. The molecule has 0 heterocycles. The Hall–Kier alpha value is -3.15. The Labute approximate surface area is 257 Å². The van der Waals surface area contributed by atoms with E-state index in [0.29, 0.717) is 24.2 Å². The number of aliphatic hydroxyl groups is 1. The van der Waals surface area contributed by atoms with E-state index >= 15 is 0 Å². The molecule has 0 aliphatic heterocycles. The summed E-state index contributed by atoms with van der Waals surface area (Å²) in [5, 5.41) is 16.8. The van der Waals surface area contributed by atoms with Crippen molar-refractivity contribution in [2.45, 2.75) is 102 Å². The fraction of sp³-hybridized carbons (Fsp3) is 0.562. The van der Waals surface area contributed by atoms with E-state index in [4.69, 9.17) is 9.47 Å². The number of alkyl carbamates (subject to hydrolysis) is 1. The van der Waals surface area contributed by atoms with Gasteiger partial charge < -0.3 is 25.2 Å². The van der Waals surface area contributed by atoms with Crippen LogP contribution in [0.15, 0.2) is 53.4 Å². The number of sulfonamides is 1. The van der Waals surface area contributed by atoms with Crippen molar-refractivity contribution in [1.82, 2.24) is 15.4 Å². The van der Waals surface area contributed by atoms with Gasteiger partial charge in [0.05, 0.1) is 24.2 Å². The summed E-state index contributed by atoms with van der Waals surface area (Å²) in [4.78, 5) is 26.2. The third-order valence-electron chi connectivity index (χ3n) is 7.10. The third kappa shape index (κ3) is 11.8. The molecule has 0 aliphatic carbocycles. The second-order valence-electron chi connectivity index (χ2n) is 11.8. The number of carbonyl (C=O) groups excluding carboxylic acids is 2. The zero-order chi connectivity index (χ0) is 32.2. The number of amides is 2. The maximum atomic E-state index is 13.5. The molecule has 0 saturated carbocycles. The molecule has 0 spiro atoms. The van der Waals surface area contributed by atoms with Crippen molar-refractivity contribution in [3.8, 4) is 5.75 Å². The van der Waals surface area contributed by atoms with Gasteiger partial charge in [0.25, 0.3) is 0 Å². The molecule has 240 valence electrons. The molecule has 43 heavy (non-hydrogen) atoms. The zero-order valence-corrected chi connectivity index (χ0v) is 27.3. The maximum Gasteiger partial charge on any atom is 0.408 e. The van der Waals surface area contributed by atoms with Gasteiger partial charge in [0.2, 0.25) is 15.9 Å². The predicted octanol–water partition coefficient (Wildman–Crippen LogP) is 4.34. The first kappa shape index (κ1) is 36.0. The van der Waals surface area contributed by atoms with E-state index in [1.807, 2.05) is 51.1 Å². The highest BCUT2D eigenvalue weighted by Crippen LogP contribution is 2.24. The summed E-state index contributed by atoms with van der Waals surface area (Å²) in [6, 6.07) is 12.3. The highest BCUT2D eigenvalue weighted by molar-refractivity contribution is 7.89. The predicted molar refractivity (Wildman–Crippen MR) is 167 cm³/mol. The Kier molecular flexibility index (Phi) is 13.9. The first-order valence-corrected chi connectivity index (χ1v) is 16.4. The van der Waals surface area contributed by atoms with Crippen LogP contribution in [0.3, 0.4) is 0 Å². The summed E-state index contributed by atoms with van der Waals surface area (Å²) in [6.07, 6.45) is 1.08. The lowest BCUT2D eigenvalue weighted by atomic mass is 9.96. The minimum atomic E-state index is -4.00. The molecule has 4 atom stereocenters. The van der Waals surface area contributed by atoms with E-state index in [9.17, 15) is 23.1 Å². The van der Waals surface area contributed by atoms with Gasteiger partial charge >= 0.3 is 6.09 Å². The van der Waals surface area contributed by atoms with Crippen LogP contribution < -0.4 is 20.1 Å². The zero-order valence-electron chi connectivity index (χ0n) is 26.5. The second-order valence-corrected chi connectivity index (χ2v) is 13.5. The van der Waals surface area contributed by atoms with Crippen molar-refractivity contribution in [3.05, 3.63) is 59.7 Å². The standard InChI is InChI=1S/C32H49N3O7S/c1-8-10-16-24-20-25(41-7)17-18-28(24)43(39,40)33-21-27(36)26(19-23-14-12-11-13-15-23)34-30(37)29(22(3)9-2)35-31(38)42-32(4,5)6/h11-15,17-18,20,22,26-27,29,33,36H,8-10,16,19,21H2,1-7H3,(H,34,37)(H,35,38)/t22-,26?,27+,29-/m0/s1. The van der Waals surface area contributed by atoms with Crippen molar-refractivity contribution < 1.29 is 32.6 Å². The van der Waals surface area contributed by atoms with Crippen molar-refractivity contribution in [1.29, 1.82) is 0 Å². The van der Waals surface area contributed by atoms with Gasteiger partial charge in [-0.1, -0.05) is 63.9 Å². The fourth-order valence-corrected chi connectivity index (χ4v) is 5.78. The number of rotatable bonds is 16. The van der Waals surface area contributed by atoms with Gasteiger partial charge in [-0.3, -0.25) is 4.79 Å². The number of benzene rings is 2. The molecule has 2 aromatic carbocycles. The molecule has 0 aromatic heterocycles. The molecule has 4 N–H and O–H groups in total. The van der Waals surface area contributed by atoms with Crippen LogP contribution in [-0.4, -0.2) is 63.0 Å². The number of hydrogen-bond donors (Lipinski definition) is 4. The topological polar surface area (TPSA) is 143 Å². The van der Waals surface area contributed by atoms with Crippen LogP contribution >= 0.6 is 0 Å². The van der Waals surface area contributed by atoms with Gasteiger partial charge in [-0.2, -0.15) is 0 Å². The highest BCUT2D eigenvalue weighted by Gasteiger charge is 2.32. The third-order valence-corrected chi connectivity index (χ3v) is 8.62. The molecular formula is C32H49N3O7S. The van der Waals surface area contributed by atoms with Crippen LogP contribution in [0, 0.1) is 5.92 Å². The van der Waals surface area contributed by atoms with E-state index in [1.54, 1.807) is 32.9 Å². The summed E-state index contributed by atoms with van der Waals surface area (Å²) < 4.78 is 39.9. The van der Waals surface area contributed by atoms with Gasteiger partial charge in [0.15, 0.2) is 0 Å². The Morgan fingerprint density at radius 1 is 1.02 bits per heavy atom. The average molecular weight is 620 g/mol. The minimum Gasteiger partial charge on any atom is -0.497 e. The Balaban J connectivity index is 2.28.